The number of hydrogen-bond donors (Lipinski definition) is 1. The number of quaternary nitrogens is 1. The standard InChI is InChI=1S/C31H66N3O6P/c1-6-8-9-10-11-12-13-14-15-16-17-18-19-20-21-22-23-24-26-38-29-30(28-33(7-2)31(32)35)40-41(36,37)39-27-25-34(3,4)5/h30H,6-29H2,1-5H3,(H2-,32,35,36,37). The van der Waals surface area contributed by atoms with Gasteiger partial charge in [0.25, 0.3) is 7.82 Å². The van der Waals surface area contributed by atoms with Crippen LogP contribution in [0, 0.1) is 0 Å². The minimum Gasteiger partial charge on any atom is -0.756 e. The number of urea groups is 1. The summed E-state index contributed by atoms with van der Waals surface area (Å²) in [6, 6.07) is -0.628. The molecule has 0 rings (SSSR count). The minimum absolute atomic E-state index is 0.0183. The van der Waals surface area contributed by atoms with Crippen LogP contribution >= 0.6 is 7.82 Å². The van der Waals surface area contributed by atoms with Crippen molar-refractivity contribution in [3.63, 3.8) is 0 Å². The predicted octanol–water partition coefficient (Wildman–Crippen LogP) is 7.02. The van der Waals surface area contributed by atoms with Crippen molar-refractivity contribution >= 4 is 13.9 Å². The number of carbonyl (C=O) groups excluding carboxylic acids is 1. The minimum atomic E-state index is -4.55. The van der Waals surface area contributed by atoms with Crippen molar-refractivity contribution in [3.05, 3.63) is 0 Å². The van der Waals surface area contributed by atoms with Crippen LogP contribution in [-0.2, 0) is 18.3 Å². The molecule has 9 nitrogen and oxygen atoms in total. The number of nitrogens with two attached hydrogens (primary N) is 1. The third-order valence-electron chi connectivity index (χ3n) is 7.35. The van der Waals surface area contributed by atoms with E-state index in [1.165, 1.54) is 108 Å². The highest BCUT2D eigenvalue weighted by Crippen LogP contribution is 2.40. The van der Waals surface area contributed by atoms with Crippen molar-refractivity contribution in [2.75, 3.05) is 60.6 Å². The Morgan fingerprint density at radius 1 is 0.780 bits per heavy atom. The Labute approximate surface area is 253 Å². The van der Waals surface area contributed by atoms with Crippen molar-refractivity contribution in [1.82, 2.24) is 4.90 Å². The Balaban J connectivity index is 3.93. The first kappa shape index (κ1) is 40.3. The second kappa shape index (κ2) is 25.8. The molecular formula is C31H66N3O6P. The van der Waals surface area contributed by atoms with Gasteiger partial charge in [-0.05, 0) is 13.3 Å². The first-order valence-electron chi connectivity index (χ1n) is 16.6. The maximum absolute atomic E-state index is 12.4. The van der Waals surface area contributed by atoms with Crippen LogP contribution in [-0.4, -0.2) is 82.1 Å². The van der Waals surface area contributed by atoms with Crippen LogP contribution in [0.2, 0.25) is 0 Å². The molecule has 2 N–H and O–H groups in total. The van der Waals surface area contributed by atoms with Gasteiger partial charge in [0.15, 0.2) is 0 Å². The monoisotopic (exact) mass is 607 g/mol. The molecule has 0 spiro atoms. The third kappa shape index (κ3) is 27.9. The topological polar surface area (TPSA) is 114 Å². The van der Waals surface area contributed by atoms with E-state index in [1.807, 2.05) is 21.1 Å². The summed E-state index contributed by atoms with van der Waals surface area (Å²) >= 11 is 0. The highest BCUT2D eigenvalue weighted by Gasteiger charge is 2.23. The molecule has 246 valence electrons. The van der Waals surface area contributed by atoms with Crippen LogP contribution in [0.5, 0.6) is 0 Å². The Morgan fingerprint density at radius 3 is 1.61 bits per heavy atom. The molecule has 41 heavy (non-hydrogen) atoms. The first-order valence-corrected chi connectivity index (χ1v) is 18.0. The molecule has 0 heterocycles. The number of unbranched alkanes of at least 4 members (excludes halogenated alkanes) is 17. The van der Waals surface area contributed by atoms with Gasteiger partial charge >= 0.3 is 6.03 Å². The Hall–Kier alpha value is -0.700. The fraction of sp³-hybridized carbons (Fsp3) is 0.968. The molecule has 0 bridgehead atoms. The quantitative estimate of drug-likeness (QED) is 0.0533. The number of carbonyl (C=O) groups is 1. The van der Waals surface area contributed by atoms with Gasteiger partial charge in [-0.1, -0.05) is 116 Å². The first-order chi connectivity index (χ1) is 19.5. The summed E-state index contributed by atoms with van der Waals surface area (Å²) < 4.78 is 29.0. The maximum atomic E-state index is 12.4. The maximum Gasteiger partial charge on any atom is 0.314 e. The van der Waals surface area contributed by atoms with Crippen molar-refractivity contribution in [2.24, 2.45) is 5.73 Å². The summed E-state index contributed by atoms with van der Waals surface area (Å²) in [5, 5.41) is 0. The van der Waals surface area contributed by atoms with Gasteiger partial charge in [-0.25, -0.2) is 4.79 Å². The fourth-order valence-electron chi connectivity index (χ4n) is 4.70. The van der Waals surface area contributed by atoms with Crippen LogP contribution in [0.3, 0.4) is 0 Å². The Bertz CT molecular complexity index is 662. The largest absolute Gasteiger partial charge is 0.756 e. The molecule has 0 aliphatic heterocycles. The second-order valence-corrected chi connectivity index (χ2v) is 13.8. The van der Waals surface area contributed by atoms with Crippen molar-refractivity contribution in [2.45, 2.75) is 136 Å². The molecule has 0 aliphatic rings. The molecule has 0 aromatic carbocycles. The number of hydrogen-bond acceptors (Lipinski definition) is 6. The second-order valence-electron chi connectivity index (χ2n) is 12.5. The summed E-state index contributed by atoms with van der Waals surface area (Å²) in [5.41, 5.74) is 5.40. The normalized spacial score (nSPS) is 14.2. The average molecular weight is 608 g/mol. The van der Waals surface area contributed by atoms with Gasteiger partial charge in [0.1, 0.15) is 19.3 Å². The molecule has 10 heteroatoms. The average Bonchev–Trinajstić information content (AvgIpc) is 2.89. The lowest BCUT2D eigenvalue weighted by atomic mass is 10.0. The molecule has 2 atom stereocenters. The van der Waals surface area contributed by atoms with Crippen molar-refractivity contribution in [1.29, 1.82) is 0 Å². The molecule has 0 radical (unpaired) electrons. The zero-order valence-corrected chi connectivity index (χ0v) is 28.3. The van der Waals surface area contributed by atoms with E-state index in [0.717, 1.165) is 12.8 Å². The summed E-state index contributed by atoms with van der Waals surface area (Å²) in [7, 11) is 1.29. The number of amides is 2. The molecule has 0 aromatic rings. The fourth-order valence-corrected chi connectivity index (χ4v) is 5.56. The van der Waals surface area contributed by atoms with Crippen LogP contribution in [0.4, 0.5) is 4.79 Å². The van der Waals surface area contributed by atoms with E-state index < -0.39 is 20.0 Å². The van der Waals surface area contributed by atoms with E-state index >= 15 is 0 Å². The van der Waals surface area contributed by atoms with Gasteiger partial charge in [-0.3, -0.25) is 4.57 Å². The molecule has 0 aromatic heterocycles. The highest BCUT2D eigenvalue weighted by molar-refractivity contribution is 7.45. The van der Waals surface area contributed by atoms with Gasteiger partial charge in [-0.2, -0.15) is 0 Å². The number of primary amides is 1. The summed E-state index contributed by atoms with van der Waals surface area (Å²) in [6.45, 7) is 5.52. The zero-order chi connectivity index (χ0) is 30.8. The summed E-state index contributed by atoms with van der Waals surface area (Å²) in [4.78, 5) is 25.3. The Morgan fingerprint density at radius 2 is 1.22 bits per heavy atom. The van der Waals surface area contributed by atoms with Gasteiger partial charge in [-0.15, -0.1) is 0 Å². The van der Waals surface area contributed by atoms with Crippen LogP contribution in [0.1, 0.15) is 129 Å². The van der Waals surface area contributed by atoms with Crippen LogP contribution in [0.25, 0.3) is 0 Å². The lowest BCUT2D eigenvalue weighted by Gasteiger charge is -2.32. The lowest BCUT2D eigenvalue weighted by molar-refractivity contribution is -0.870. The van der Waals surface area contributed by atoms with Gasteiger partial charge in [0, 0.05) is 13.2 Å². The van der Waals surface area contributed by atoms with Gasteiger partial charge < -0.3 is 33.8 Å². The van der Waals surface area contributed by atoms with Gasteiger partial charge in [0.2, 0.25) is 0 Å². The van der Waals surface area contributed by atoms with E-state index in [9.17, 15) is 14.3 Å². The number of ether oxygens (including phenoxy) is 1. The molecule has 2 unspecified atom stereocenters. The molecular weight excluding hydrogens is 541 g/mol. The lowest BCUT2D eigenvalue weighted by Crippen LogP contribution is -2.43. The van der Waals surface area contributed by atoms with Crippen LogP contribution in [0.15, 0.2) is 0 Å². The molecule has 2 amide bonds. The SMILES string of the molecule is CCCCCCCCCCCCCCCCCCCCOCC(CN(CC)C(N)=O)OP(=O)([O-])OCC[N+](C)(C)C. The van der Waals surface area contributed by atoms with Crippen LogP contribution < -0.4 is 10.6 Å². The van der Waals surface area contributed by atoms with E-state index in [4.69, 9.17) is 19.5 Å². The smallest absolute Gasteiger partial charge is 0.314 e. The molecule has 0 fully saturated rings. The molecule has 0 saturated heterocycles. The van der Waals surface area contributed by atoms with Crippen molar-refractivity contribution < 1.29 is 32.5 Å². The number of phosphoric acid groups is 1. The number of nitrogens with zero attached hydrogens (tertiary/aromatic N) is 2. The Kier molecular flexibility index (Phi) is 25.3. The van der Waals surface area contributed by atoms with E-state index in [0.29, 0.717) is 24.2 Å². The molecule has 0 aliphatic carbocycles. The van der Waals surface area contributed by atoms with E-state index in [2.05, 4.69) is 6.92 Å². The summed E-state index contributed by atoms with van der Waals surface area (Å²) in [5.74, 6) is 0. The zero-order valence-electron chi connectivity index (χ0n) is 27.4. The summed E-state index contributed by atoms with van der Waals surface area (Å²) in [6.07, 6.45) is 22.9. The molecule has 0 saturated carbocycles. The highest BCUT2D eigenvalue weighted by atomic mass is 31.2. The number of likely N-dealkylation sites (N-methyl/N-ethyl adjacent to an activating group) is 2. The predicted molar refractivity (Wildman–Crippen MR) is 168 cm³/mol. The number of phosphoric ester groups is 1. The van der Waals surface area contributed by atoms with Crippen molar-refractivity contribution in [3.8, 4) is 0 Å². The number of rotatable bonds is 30. The third-order valence-corrected chi connectivity index (χ3v) is 8.41. The van der Waals surface area contributed by atoms with E-state index in [-0.39, 0.29) is 19.8 Å². The van der Waals surface area contributed by atoms with Gasteiger partial charge in [0.05, 0.1) is 34.3 Å². The van der Waals surface area contributed by atoms with E-state index in [1.54, 1.807) is 6.92 Å².